The molecule has 0 saturated carbocycles. The minimum absolute atomic E-state index is 0.0585. The third-order valence-electron chi connectivity index (χ3n) is 11.0. The molecule has 60 heavy (non-hydrogen) atoms. The molecular weight excluding hydrogens is 799 g/mol. The van der Waals surface area contributed by atoms with Gasteiger partial charge in [0.25, 0.3) is 0 Å². The van der Waals surface area contributed by atoms with Gasteiger partial charge < -0.3 is 58.1 Å². The third-order valence-corrected chi connectivity index (χ3v) is 15.4. The van der Waals surface area contributed by atoms with E-state index in [1.54, 1.807) is 0 Å². The van der Waals surface area contributed by atoms with E-state index in [4.69, 9.17) is 47.9 Å². The van der Waals surface area contributed by atoms with Gasteiger partial charge in [-0.1, -0.05) is 86.5 Å². The van der Waals surface area contributed by atoms with Crippen LogP contribution in [0.4, 0.5) is 0 Å². The summed E-state index contributed by atoms with van der Waals surface area (Å²) < 4.78 is 58.6. The number of azide groups is 1. The Labute approximate surface area is 351 Å². The Morgan fingerprint density at radius 3 is 2.17 bits per heavy atom. The quantitative estimate of drug-likeness (QED) is 0.0606. The van der Waals surface area contributed by atoms with Crippen LogP contribution >= 0.6 is 0 Å². The maximum Gasteiger partial charge on any atom is 0.332 e. The average molecular weight is 858 g/mol. The van der Waals surface area contributed by atoms with Gasteiger partial charge in [-0.25, -0.2) is 4.79 Å². The monoisotopic (exact) mass is 857 g/mol. The van der Waals surface area contributed by atoms with E-state index in [1.165, 1.54) is 20.8 Å². The van der Waals surface area contributed by atoms with Gasteiger partial charge in [-0.05, 0) is 36.2 Å². The van der Waals surface area contributed by atoms with Gasteiger partial charge in [-0.3, -0.25) is 9.59 Å². The number of nitrogens with one attached hydrogen (secondary N) is 2. The summed E-state index contributed by atoms with van der Waals surface area (Å²) in [6.07, 6.45) is -10.6. The summed E-state index contributed by atoms with van der Waals surface area (Å²) in [7, 11) is -2.63. The summed E-state index contributed by atoms with van der Waals surface area (Å²) in [6, 6.07) is 16.8. The summed E-state index contributed by atoms with van der Waals surface area (Å²) in [5.74, 6) is -2.17. The topological polar surface area (TPSA) is 227 Å². The van der Waals surface area contributed by atoms with Gasteiger partial charge in [0.15, 0.2) is 33.3 Å². The van der Waals surface area contributed by atoms with Crippen molar-refractivity contribution in [2.45, 2.75) is 140 Å². The number of rotatable bonds is 18. The summed E-state index contributed by atoms with van der Waals surface area (Å²) in [4.78, 5) is 41.0. The Balaban J connectivity index is 1.57. The molecular formula is C41H59N5O13Si. The molecule has 0 aromatic heterocycles. The molecule has 5 rings (SSSR count). The number of amides is 2. The molecule has 12 atom stereocenters. The molecule has 19 heteroatoms. The SMILES string of the molecule is CC(=O)N[C@H]1[C@H](O[C@H]2[C@H](O[C@H](C)C(=O)O)[C@@H](NC(C)=O)[C@H](OCCN=[N+]=[N-])O[C@@H]2COCc2ccccc2)O[C@@H]2COC(c3ccccc3)O[C@H]2[C@@H]1O[Si](C)(C)C(C)(C)C. The lowest BCUT2D eigenvalue weighted by Crippen LogP contribution is -2.72. The molecule has 18 nitrogen and oxygen atoms in total. The fourth-order valence-corrected chi connectivity index (χ4v) is 8.29. The van der Waals surface area contributed by atoms with Crippen molar-refractivity contribution in [1.82, 2.24) is 10.6 Å². The predicted molar refractivity (Wildman–Crippen MR) is 218 cm³/mol. The van der Waals surface area contributed by atoms with Gasteiger partial charge >= 0.3 is 5.97 Å². The molecule has 3 aliphatic heterocycles. The number of carboxylic acid groups (broad SMARTS) is 1. The zero-order chi connectivity index (χ0) is 43.6. The molecule has 0 spiro atoms. The number of hydrogen-bond donors (Lipinski definition) is 3. The first-order valence-electron chi connectivity index (χ1n) is 20.1. The molecule has 1 unspecified atom stereocenters. The molecule has 2 amide bonds. The molecule has 3 aliphatic rings. The first-order chi connectivity index (χ1) is 28.5. The van der Waals surface area contributed by atoms with E-state index in [2.05, 4.69) is 54.5 Å². The average Bonchev–Trinajstić information content (AvgIpc) is 3.19. The Kier molecular flexibility index (Phi) is 16.6. The van der Waals surface area contributed by atoms with Crippen molar-refractivity contribution in [1.29, 1.82) is 0 Å². The second-order valence-corrected chi connectivity index (χ2v) is 21.3. The lowest BCUT2D eigenvalue weighted by molar-refractivity contribution is -0.367. The second-order valence-electron chi connectivity index (χ2n) is 16.6. The largest absolute Gasteiger partial charge is 0.479 e. The highest BCUT2D eigenvalue weighted by molar-refractivity contribution is 6.74. The summed E-state index contributed by atoms with van der Waals surface area (Å²) >= 11 is 0. The van der Waals surface area contributed by atoms with Gasteiger partial charge in [0.1, 0.15) is 42.6 Å². The van der Waals surface area contributed by atoms with Crippen LogP contribution in [0.2, 0.25) is 18.1 Å². The molecule has 2 aromatic rings. The third kappa shape index (κ3) is 12.3. The maximum absolute atomic E-state index is 13.1. The zero-order valence-electron chi connectivity index (χ0n) is 35.4. The number of benzene rings is 2. The minimum Gasteiger partial charge on any atom is -0.479 e. The standard InChI is InChI=1S/C41H59N5O13Si/c1-24(37(49)50)54-35-31(44-25(2)47)39(52-20-19-43-46-42)55-29(22-51-21-27-15-11-9-12-16-27)33(35)58-40-32(45-26(3)48)36(59-60(7,8)41(4,5)6)34-30(56-40)23-53-38(57-34)28-17-13-10-14-18-28/h9-18,24,29-36,38-40H,19-23H2,1-8H3,(H,44,47)(H,45,48)(H,49,50)/t24-,29-,30-,31-,32-,33-,34-,35-,36-,38?,39-,40+/m1/s1. The fraction of sp³-hybridized carbons (Fsp3) is 0.634. The van der Waals surface area contributed by atoms with Crippen LogP contribution in [0, 0.1) is 0 Å². The van der Waals surface area contributed by atoms with Crippen LogP contribution in [-0.4, -0.2) is 125 Å². The zero-order valence-corrected chi connectivity index (χ0v) is 36.4. The first-order valence-corrected chi connectivity index (χ1v) is 23.0. The van der Waals surface area contributed by atoms with Gasteiger partial charge in [-0.15, -0.1) is 0 Å². The van der Waals surface area contributed by atoms with Crippen LogP contribution in [0.1, 0.15) is 59.0 Å². The van der Waals surface area contributed by atoms with E-state index in [0.29, 0.717) is 0 Å². The maximum atomic E-state index is 13.1. The molecule has 0 bridgehead atoms. The highest BCUT2D eigenvalue weighted by Crippen LogP contribution is 2.43. The van der Waals surface area contributed by atoms with E-state index in [-0.39, 0.29) is 38.0 Å². The van der Waals surface area contributed by atoms with Crippen LogP contribution in [-0.2, 0) is 63.3 Å². The van der Waals surface area contributed by atoms with Crippen LogP contribution < -0.4 is 10.6 Å². The van der Waals surface area contributed by atoms with Crippen molar-refractivity contribution in [3.63, 3.8) is 0 Å². The molecule has 3 saturated heterocycles. The molecule has 3 N–H and O–H groups in total. The van der Waals surface area contributed by atoms with Gasteiger partial charge in [0.2, 0.25) is 11.8 Å². The smallest absolute Gasteiger partial charge is 0.332 e. The number of nitrogens with zero attached hydrogens (tertiary/aromatic N) is 3. The Morgan fingerprint density at radius 2 is 1.57 bits per heavy atom. The summed E-state index contributed by atoms with van der Waals surface area (Å²) in [5, 5.41) is 19.2. The van der Waals surface area contributed by atoms with Crippen molar-refractivity contribution < 1.29 is 61.8 Å². The minimum atomic E-state index is -2.63. The number of aliphatic carboxylic acids is 1. The number of hydrogen-bond acceptors (Lipinski definition) is 13. The van der Waals surface area contributed by atoms with E-state index in [1.807, 2.05) is 60.7 Å². The van der Waals surface area contributed by atoms with Crippen LogP contribution in [0.25, 0.3) is 10.4 Å². The van der Waals surface area contributed by atoms with Crippen molar-refractivity contribution >= 4 is 26.1 Å². The Hall–Kier alpha value is -3.98. The number of carbonyl (C=O) groups is 3. The first kappa shape index (κ1) is 47.1. The summed E-state index contributed by atoms with van der Waals surface area (Å²) in [5.41, 5.74) is 10.5. The van der Waals surface area contributed by atoms with Gasteiger partial charge in [-0.2, -0.15) is 0 Å². The lowest BCUT2D eigenvalue weighted by Gasteiger charge is -2.54. The molecule has 0 aliphatic carbocycles. The molecule has 2 aromatic carbocycles. The highest BCUT2D eigenvalue weighted by Gasteiger charge is 2.57. The number of fused-ring (bicyclic) bond motifs is 1. The van der Waals surface area contributed by atoms with Crippen LogP contribution in [0.15, 0.2) is 65.8 Å². The van der Waals surface area contributed by atoms with Gasteiger partial charge in [0, 0.05) is 30.9 Å². The van der Waals surface area contributed by atoms with Crippen molar-refractivity contribution in [3.05, 3.63) is 82.2 Å². The van der Waals surface area contributed by atoms with Crippen LogP contribution in [0.3, 0.4) is 0 Å². The Bertz CT molecular complexity index is 1770. The molecule has 3 fully saturated rings. The lowest BCUT2D eigenvalue weighted by atomic mass is 9.93. The Morgan fingerprint density at radius 1 is 0.933 bits per heavy atom. The van der Waals surface area contributed by atoms with Crippen molar-refractivity contribution in [2.75, 3.05) is 26.4 Å². The fourth-order valence-electron chi connectivity index (χ4n) is 6.98. The van der Waals surface area contributed by atoms with E-state index < -0.39 is 99.8 Å². The van der Waals surface area contributed by atoms with Crippen molar-refractivity contribution in [3.8, 4) is 0 Å². The van der Waals surface area contributed by atoms with E-state index >= 15 is 0 Å². The highest BCUT2D eigenvalue weighted by atomic mass is 28.4. The normalized spacial score (nSPS) is 30.0. The number of carbonyl (C=O) groups excluding carboxylic acids is 2. The number of carboxylic acids is 1. The predicted octanol–water partition coefficient (Wildman–Crippen LogP) is 4.74. The molecule has 0 radical (unpaired) electrons. The van der Waals surface area contributed by atoms with E-state index in [0.717, 1.165) is 11.1 Å². The van der Waals surface area contributed by atoms with Crippen LogP contribution in [0.5, 0.6) is 0 Å². The number of ether oxygens (including phenoxy) is 8. The summed E-state index contributed by atoms with van der Waals surface area (Å²) in [6.45, 7) is 14.5. The molecule has 330 valence electrons. The van der Waals surface area contributed by atoms with Crippen molar-refractivity contribution in [2.24, 2.45) is 5.11 Å². The molecule has 3 heterocycles. The second kappa shape index (κ2) is 21.2. The van der Waals surface area contributed by atoms with Gasteiger partial charge in [0.05, 0.1) is 32.5 Å². The van der Waals surface area contributed by atoms with E-state index in [9.17, 15) is 19.5 Å².